The first-order chi connectivity index (χ1) is 9.86. The van der Waals surface area contributed by atoms with Crippen molar-refractivity contribution in [1.29, 1.82) is 0 Å². The third-order valence-corrected chi connectivity index (χ3v) is 3.28. The second-order valence-corrected chi connectivity index (χ2v) is 5.07. The quantitative estimate of drug-likeness (QED) is 0.711. The van der Waals surface area contributed by atoms with Crippen LogP contribution in [0.3, 0.4) is 0 Å². The van der Waals surface area contributed by atoms with Gasteiger partial charge in [-0.15, -0.1) is 0 Å². The highest BCUT2D eigenvalue weighted by molar-refractivity contribution is 6.30. The monoisotopic (exact) mass is 312 g/mol. The van der Waals surface area contributed by atoms with Crippen molar-refractivity contribution in [2.75, 3.05) is 0 Å². The lowest BCUT2D eigenvalue weighted by atomic mass is 10.0. The maximum Gasteiger partial charge on any atom is 0.416 e. The summed E-state index contributed by atoms with van der Waals surface area (Å²) in [6.45, 7) is 0. The highest BCUT2D eigenvalue weighted by atomic mass is 35.5. The molecule has 21 heavy (non-hydrogen) atoms. The van der Waals surface area contributed by atoms with Crippen molar-refractivity contribution in [2.24, 2.45) is 0 Å². The van der Waals surface area contributed by atoms with Crippen molar-refractivity contribution in [3.8, 4) is 0 Å². The van der Waals surface area contributed by atoms with Gasteiger partial charge in [0.05, 0.1) is 5.56 Å². The molecule has 0 atom stereocenters. The molecule has 0 bridgehead atoms. The van der Waals surface area contributed by atoms with Crippen LogP contribution in [0.5, 0.6) is 0 Å². The molecule has 0 radical (unpaired) electrons. The Labute approximate surface area is 125 Å². The molecule has 0 unspecified atom stereocenters. The summed E-state index contributed by atoms with van der Waals surface area (Å²) < 4.78 is 37.8. The second-order valence-electron chi connectivity index (χ2n) is 4.63. The lowest BCUT2D eigenvalue weighted by Crippen LogP contribution is -2.08. The van der Waals surface area contributed by atoms with Gasteiger partial charge in [0.15, 0.2) is 5.78 Å². The van der Waals surface area contributed by atoms with Gasteiger partial charge in [0.1, 0.15) is 0 Å². The van der Waals surface area contributed by atoms with Crippen molar-refractivity contribution >= 4 is 17.4 Å². The highest BCUT2D eigenvalue weighted by Gasteiger charge is 2.30. The van der Waals surface area contributed by atoms with Crippen LogP contribution in [0, 0.1) is 0 Å². The summed E-state index contributed by atoms with van der Waals surface area (Å²) in [5, 5.41) is 0.569. The van der Waals surface area contributed by atoms with E-state index < -0.39 is 11.7 Å². The standard InChI is InChI=1S/C16H12ClF3O/c17-14-6-1-3-11(9-14)7-8-15(21)12-4-2-5-13(10-12)16(18,19)20/h1-6,9-10H,7-8H2. The topological polar surface area (TPSA) is 17.1 Å². The zero-order valence-electron chi connectivity index (χ0n) is 11.0. The van der Waals surface area contributed by atoms with Gasteiger partial charge in [0.2, 0.25) is 0 Å². The maximum absolute atomic E-state index is 12.6. The Morgan fingerprint density at radius 2 is 1.76 bits per heavy atom. The maximum atomic E-state index is 12.6. The normalized spacial score (nSPS) is 11.4. The number of benzene rings is 2. The molecular weight excluding hydrogens is 301 g/mol. The van der Waals surface area contributed by atoms with Gasteiger partial charge in [0, 0.05) is 17.0 Å². The molecule has 2 aromatic rings. The number of carbonyl (C=O) groups is 1. The van der Waals surface area contributed by atoms with Crippen LogP contribution in [-0.4, -0.2) is 5.78 Å². The average molecular weight is 313 g/mol. The summed E-state index contributed by atoms with van der Waals surface area (Å²) >= 11 is 5.84. The van der Waals surface area contributed by atoms with Crippen LogP contribution in [0.15, 0.2) is 48.5 Å². The second kappa shape index (κ2) is 6.31. The Kier molecular flexibility index (Phi) is 4.68. The summed E-state index contributed by atoms with van der Waals surface area (Å²) in [5.41, 5.74) is 0.144. The Balaban J connectivity index is 2.07. The molecule has 0 amide bonds. The molecule has 0 saturated heterocycles. The van der Waals surface area contributed by atoms with Gasteiger partial charge in [-0.3, -0.25) is 4.79 Å². The van der Waals surface area contributed by atoms with E-state index in [1.807, 2.05) is 6.07 Å². The minimum absolute atomic E-state index is 0.0758. The first kappa shape index (κ1) is 15.6. The van der Waals surface area contributed by atoms with E-state index in [4.69, 9.17) is 11.6 Å². The van der Waals surface area contributed by atoms with Gasteiger partial charge in [-0.05, 0) is 36.2 Å². The first-order valence-corrected chi connectivity index (χ1v) is 6.69. The van der Waals surface area contributed by atoms with Crippen molar-refractivity contribution in [3.05, 3.63) is 70.2 Å². The van der Waals surface area contributed by atoms with Gasteiger partial charge in [-0.25, -0.2) is 0 Å². The molecular formula is C16H12ClF3O. The van der Waals surface area contributed by atoms with Crippen molar-refractivity contribution in [3.63, 3.8) is 0 Å². The number of Topliss-reactive ketones (excluding diaryl/α,β-unsaturated/α-hetero) is 1. The van der Waals surface area contributed by atoms with E-state index in [2.05, 4.69) is 0 Å². The molecule has 1 nitrogen and oxygen atoms in total. The molecule has 0 aliphatic rings. The van der Waals surface area contributed by atoms with Gasteiger partial charge in [0.25, 0.3) is 0 Å². The molecule has 0 aromatic heterocycles. The van der Waals surface area contributed by atoms with E-state index in [9.17, 15) is 18.0 Å². The van der Waals surface area contributed by atoms with Gasteiger partial charge < -0.3 is 0 Å². The van der Waals surface area contributed by atoms with Crippen LogP contribution in [0.2, 0.25) is 5.02 Å². The largest absolute Gasteiger partial charge is 0.416 e. The van der Waals surface area contributed by atoms with Crippen LogP contribution < -0.4 is 0 Å². The molecule has 0 saturated carbocycles. The summed E-state index contributed by atoms with van der Waals surface area (Å²) in [5.74, 6) is -0.318. The van der Waals surface area contributed by atoms with Crippen molar-refractivity contribution < 1.29 is 18.0 Å². The van der Waals surface area contributed by atoms with E-state index in [-0.39, 0.29) is 17.8 Å². The fourth-order valence-corrected chi connectivity index (χ4v) is 2.18. The summed E-state index contributed by atoms with van der Waals surface area (Å²) in [4.78, 5) is 12.0. The number of hydrogen-bond donors (Lipinski definition) is 0. The van der Waals surface area contributed by atoms with Gasteiger partial charge in [-0.2, -0.15) is 13.2 Å². The lowest BCUT2D eigenvalue weighted by molar-refractivity contribution is -0.137. The third-order valence-electron chi connectivity index (χ3n) is 3.04. The number of hydrogen-bond acceptors (Lipinski definition) is 1. The number of rotatable bonds is 4. The van der Waals surface area contributed by atoms with Crippen LogP contribution in [0.1, 0.15) is 27.9 Å². The summed E-state index contributed by atoms with van der Waals surface area (Å²) in [6.07, 6.45) is -3.86. The van der Waals surface area contributed by atoms with Crippen LogP contribution in [-0.2, 0) is 12.6 Å². The predicted octanol–water partition coefficient (Wildman–Crippen LogP) is 5.17. The molecule has 0 aliphatic carbocycles. The fraction of sp³-hybridized carbons (Fsp3) is 0.188. The number of ketones is 1. The smallest absolute Gasteiger partial charge is 0.294 e. The number of alkyl halides is 3. The van der Waals surface area contributed by atoms with E-state index >= 15 is 0 Å². The Bertz CT molecular complexity index is 650. The molecule has 5 heteroatoms. The summed E-state index contributed by atoms with van der Waals surface area (Å²) in [7, 11) is 0. The van der Waals surface area contributed by atoms with Crippen LogP contribution >= 0.6 is 11.6 Å². The Morgan fingerprint density at radius 3 is 2.43 bits per heavy atom. The van der Waals surface area contributed by atoms with E-state index in [1.165, 1.54) is 12.1 Å². The minimum atomic E-state index is -4.44. The van der Waals surface area contributed by atoms with E-state index in [1.54, 1.807) is 18.2 Å². The lowest BCUT2D eigenvalue weighted by Gasteiger charge is -2.08. The molecule has 110 valence electrons. The molecule has 0 spiro atoms. The fourth-order valence-electron chi connectivity index (χ4n) is 1.96. The molecule has 0 heterocycles. The van der Waals surface area contributed by atoms with E-state index in [0.717, 1.165) is 17.7 Å². The molecule has 0 N–H and O–H groups in total. The van der Waals surface area contributed by atoms with Gasteiger partial charge >= 0.3 is 6.18 Å². The summed E-state index contributed by atoms with van der Waals surface area (Å²) in [6, 6.07) is 11.5. The average Bonchev–Trinajstić information content (AvgIpc) is 2.44. The number of halogens is 4. The minimum Gasteiger partial charge on any atom is -0.294 e. The third kappa shape index (κ3) is 4.33. The van der Waals surface area contributed by atoms with Crippen molar-refractivity contribution in [1.82, 2.24) is 0 Å². The van der Waals surface area contributed by atoms with Crippen molar-refractivity contribution in [2.45, 2.75) is 19.0 Å². The van der Waals surface area contributed by atoms with E-state index in [0.29, 0.717) is 11.4 Å². The Hall–Kier alpha value is -1.81. The molecule has 2 aromatic carbocycles. The molecule has 0 aliphatic heterocycles. The van der Waals surface area contributed by atoms with Crippen LogP contribution in [0.25, 0.3) is 0 Å². The SMILES string of the molecule is O=C(CCc1cccc(Cl)c1)c1cccc(C(F)(F)F)c1. The highest BCUT2D eigenvalue weighted by Crippen LogP contribution is 2.29. The van der Waals surface area contributed by atoms with Crippen LogP contribution in [0.4, 0.5) is 13.2 Å². The van der Waals surface area contributed by atoms with Gasteiger partial charge in [-0.1, -0.05) is 35.9 Å². The molecule has 2 rings (SSSR count). The number of aryl methyl sites for hydroxylation is 1. The Morgan fingerprint density at radius 1 is 1.05 bits per heavy atom. The zero-order valence-corrected chi connectivity index (χ0v) is 11.7. The first-order valence-electron chi connectivity index (χ1n) is 6.31. The molecule has 0 fully saturated rings. The number of carbonyl (C=O) groups excluding carboxylic acids is 1. The zero-order chi connectivity index (χ0) is 15.5. The predicted molar refractivity (Wildman–Crippen MR) is 75.5 cm³/mol.